The Hall–Kier alpha value is -1.80. The SMILES string of the molecule is Fc1c(F)c(F)c2c(C(F)(F)F)[nH]nc2c1F. The molecule has 0 spiro atoms. The number of rotatable bonds is 0. The topological polar surface area (TPSA) is 28.7 Å². The maximum atomic E-state index is 13.1. The molecule has 0 radical (unpaired) electrons. The van der Waals surface area contributed by atoms with E-state index in [2.05, 4.69) is 5.10 Å². The Balaban J connectivity index is 2.96. The van der Waals surface area contributed by atoms with Crippen LogP contribution in [0.5, 0.6) is 0 Å². The highest BCUT2D eigenvalue weighted by atomic mass is 19.4. The molecule has 1 aromatic carbocycles. The Morgan fingerprint density at radius 2 is 1.35 bits per heavy atom. The number of hydrogen-bond donors (Lipinski definition) is 1. The molecule has 1 aromatic heterocycles. The Morgan fingerprint density at radius 3 is 1.88 bits per heavy atom. The Morgan fingerprint density at radius 1 is 0.824 bits per heavy atom. The van der Waals surface area contributed by atoms with Gasteiger partial charge in [0.25, 0.3) is 0 Å². The predicted octanol–water partition coefficient (Wildman–Crippen LogP) is 3.14. The molecule has 1 N–H and O–H groups in total. The minimum absolute atomic E-state index is 1.24. The maximum Gasteiger partial charge on any atom is 0.433 e. The predicted molar refractivity (Wildman–Crippen MR) is 40.9 cm³/mol. The summed E-state index contributed by atoms with van der Waals surface area (Å²) in [6.07, 6.45) is -5.09. The van der Waals surface area contributed by atoms with Gasteiger partial charge in [-0.05, 0) is 0 Å². The lowest BCUT2D eigenvalue weighted by Gasteiger charge is -2.04. The Labute approximate surface area is 88.0 Å². The second-order valence-corrected chi connectivity index (χ2v) is 3.08. The van der Waals surface area contributed by atoms with Gasteiger partial charge >= 0.3 is 6.18 Å². The van der Waals surface area contributed by atoms with E-state index < -0.39 is 46.0 Å². The van der Waals surface area contributed by atoms with Crippen molar-refractivity contribution in [1.82, 2.24) is 10.2 Å². The van der Waals surface area contributed by atoms with Crippen LogP contribution >= 0.6 is 0 Å². The van der Waals surface area contributed by atoms with Crippen LogP contribution < -0.4 is 0 Å². The molecule has 0 aliphatic heterocycles. The van der Waals surface area contributed by atoms with Gasteiger partial charge in [-0.15, -0.1) is 0 Å². The Kier molecular flexibility index (Phi) is 2.30. The van der Waals surface area contributed by atoms with Gasteiger partial charge in [0.2, 0.25) is 0 Å². The number of aromatic nitrogens is 2. The third-order valence-corrected chi connectivity index (χ3v) is 2.06. The number of alkyl halides is 3. The molecule has 2 rings (SSSR count). The summed E-state index contributed by atoms with van der Waals surface area (Å²) in [4.78, 5) is 0. The summed E-state index contributed by atoms with van der Waals surface area (Å²) in [6.45, 7) is 0. The molecule has 9 heteroatoms. The fourth-order valence-electron chi connectivity index (χ4n) is 1.33. The first-order valence-electron chi connectivity index (χ1n) is 4.02. The Bertz CT molecular complexity index is 598. The summed E-state index contributed by atoms with van der Waals surface area (Å²) in [7, 11) is 0. The molecule has 92 valence electrons. The molecule has 0 saturated heterocycles. The van der Waals surface area contributed by atoms with Gasteiger partial charge in [0.15, 0.2) is 29.0 Å². The van der Waals surface area contributed by atoms with Crippen molar-refractivity contribution in [2.45, 2.75) is 6.18 Å². The van der Waals surface area contributed by atoms with Crippen molar-refractivity contribution in [1.29, 1.82) is 0 Å². The normalized spacial score (nSPS) is 12.4. The average Bonchev–Trinajstić information content (AvgIpc) is 2.67. The number of aromatic amines is 1. The summed E-state index contributed by atoms with van der Waals surface area (Å²) < 4.78 is 88.6. The lowest BCUT2D eigenvalue weighted by atomic mass is 10.1. The summed E-state index contributed by atoms with van der Waals surface area (Å²) in [6, 6.07) is 0. The molecule has 2 aromatic rings. The van der Waals surface area contributed by atoms with Crippen LogP contribution in [-0.2, 0) is 6.18 Å². The molecule has 1 heterocycles. The largest absolute Gasteiger partial charge is 0.433 e. The average molecular weight is 258 g/mol. The van der Waals surface area contributed by atoms with E-state index in [1.165, 1.54) is 5.10 Å². The minimum Gasteiger partial charge on any atom is -0.272 e. The van der Waals surface area contributed by atoms with Crippen LogP contribution in [0.3, 0.4) is 0 Å². The van der Waals surface area contributed by atoms with Crippen molar-refractivity contribution < 1.29 is 30.7 Å². The van der Waals surface area contributed by atoms with Crippen LogP contribution in [0.4, 0.5) is 30.7 Å². The van der Waals surface area contributed by atoms with E-state index in [9.17, 15) is 30.7 Å². The van der Waals surface area contributed by atoms with Crippen LogP contribution in [0.2, 0.25) is 0 Å². The van der Waals surface area contributed by atoms with E-state index in [1.54, 1.807) is 0 Å². The third kappa shape index (κ3) is 1.53. The van der Waals surface area contributed by atoms with E-state index in [4.69, 9.17) is 0 Å². The lowest BCUT2D eigenvalue weighted by molar-refractivity contribution is -0.140. The molecule has 0 bridgehead atoms. The standard InChI is InChI=1S/C8HF7N2/c9-2-1-6(5(12)4(11)3(2)10)16-17-7(1)8(13,14)15/h(H,16,17). The van der Waals surface area contributed by atoms with Crippen LogP contribution in [0.15, 0.2) is 0 Å². The lowest BCUT2D eigenvalue weighted by Crippen LogP contribution is -2.07. The van der Waals surface area contributed by atoms with Gasteiger partial charge in [0, 0.05) is 0 Å². The summed E-state index contributed by atoms with van der Waals surface area (Å²) in [5, 5.41) is 2.62. The molecule has 0 amide bonds. The van der Waals surface area contributed by atoms with Gasteiger partial charge in [-0.3, -0.25) is 5.10 Å². The summed E-state index contributed by atoms with van der Waals surface area (Å²) >= 11 is 0. The second kappa shape index (κ2) is 3.34. The fourth-order valence-corrected chi connectivity index (χ4v) is 1.33. The number of nitrogens with one attached hydrogen (secondary N) is 1. The molecule has 0 aliphatic carbocycles. The monoisotopic (exact) mass is 258 g/mol. The van der Waals surface area contributed by atoms with E-state index in [0.717, 1.165) is 0 Å². The van der Waals surface area contributed by atoms with E-state index in [-0.39, 0.29) is 0 Å². The molecular weight excluding hydrogens is 257 g/mol. The van der Waals surface area contributed by atoms with Crippen LogP contribution in [0.1, 0.15) is 5.69 Å². The molecule has 2 nitrogen and oxygen atoms in total. The van der Waals surface area contributed by atoms with Crippen molar-refractivity contribution >= 4 is 10.9 Å². The van der Waals surface area contributed by atoms with E-state index in [1.807, 2.05) is 0 Å². The number of H-pyrrole nitrogens is 1. The van der Waals surface area contributed by atoms with Gasteiger partial charge < -0.3 is 0 Å². The van der Waals surface area contributed by atoms with E-state index in [0.29, 0.717) is 0 Å². The summed E-state index contributed by atoms with van der Waals surface area (Å²) in [5.74, 6) is -8.65. The highest BCUT2D eigenvalue weighted by molar-refractivity contribution is 5.83. The van der Waals surface area contributed by atoms with Gasteiger partial charge in [0.05, 0.1) is 5.39 Å². The van der Waals surface area contributed by atoms with Crippen molar-refractivity contribution in [3.8, 4) is 0 Å². The first-order chi connectivity index (χ1) is 7.75. The highest BCUT2D eigenvalue weighted by Gasteiger charge is 2.38. The number of benzene rings is 1. The zero-order valence-electron chi connectivity index (χ0n) is 7.59. The number of fused-ring (bicyclic) bond motifs is 1. The zero-order valence-corrected chi connectivity index (χ0v) is 7.59. The van der Waals surface area contributed by atoms with Gasteiger partial charge in [-0.1, -0.05) is 0 Å². The zero-order chi connectivity index (χ0) is 13.0. The fraction of sp³-hybridized carbons (Fsp3) is 0.125. The third-order valence-electron chi connectivity index (χ3n) is 2.06. The number of halogens is 7. The van der Waals surface area contributed by atoms with Crippen molar-refractivity contribution in [3.63, 3.8) is 0 Å². The molecule has 0 aliphatic rings. The van der Waals surface area contributed by atoms with Gasteiger partial charge in [-0.25, -0.2) is 17.6 Å². The number of nitrogens with zero attached hydrogens (tertiary/aromatic N) is 1. The molecule has 0 fully saturated rings. The van der Waals surface area contributed by atoms with Crippen LogP contribution in [-0.4, -0.2) is 10.2 Å². The van der Waals surface area contributed by atoms with E-state index >= 15 is 0 Å². The molecule has 0 unspecified atom stereocenters. The van der Waals surface area contributed by atoms with Crippen LogP contribution in [0, 0.1) is 23.3 Å². The molecule has 17 heavy (non-hydrogen) atoms. The highest BCUT2D eigenvalue weighted by Crippen LogP contribution is 2.36. The first-order valence-corrected chi connectivity index (χ1v) is 4.02. The smallest absolute Gasteiger partial charge is 0.272 e. The number of hydrogen-bond acceptors (Lipinski definition) is 1. The summed E-state index contributed by atoms with van der Waals surface area (Å²) in [5.41, 5.74) is -3.02. The van der Waals surface area contributed by atoms with Gasteiger partial charge in [0.1, 0.15) is 5.52 Å². The molecule has 0 atom stereocenters. The molecular formula is C8HF7N2. The van der Waals surface area contributed by atoms with Crippen molar-refractivity contribution in [2.75, 3.05) is 0 Å². The second-order valence-electron chi connectivity index (χ2n) is 3.08. The molecule has 0 saturated carbocycles. The van der Waals surface area contributed by atoms with Crippen molar-refractivity contribution in [2.24, 2.45) is 0 Å². The maximum absolute atomic E-state index is 13.1. The van der Waals surface area contributed by atoms with Crippen molar-refractivity contribution in [3.05, 3.63) is 29.0 Å². The van der Waals surface area contributed by atoms with Crippen LogP contribution in [0.25, 0.3) is 10.9 Å². The first kappa shape index (κ1) is 11.7. The quantitative estimate of drug-likeness (QED) is 0.439. The minimum atomic E-state index is -5.09. The van der Waals surface area contributed by atoms with Gasteiger partial charge in [-0.2, -0.15) is 18.3 Å².